The maximum Gasteiger partial charge on any atom is 0.373 e. The number of fused-ring (bicyclic) bond motifs is 1. The van der Waals surface area contributed by atoms with Gasteiger partial charge in [-0.25, -0.2) is 4.98 Å². The minimum Gasteiger partial charge on any atom is -0.434 e. The lowest BCUT2D eigenvalue weighted by molar-refractivity contribution is -0.385. The molecule has 0 aliphatic rings. The Morgan fingerprint density at radius 3 is 2.65 bits per heavy atom. The molecule has 1 heterocycles. The lowest BCUT2D eigenvalue weighted by Crippen LogP contribution is -2.28. The van der Waals surface area contributed by atoms with E-state index in [9.17, 15) is 15.2 Å². The van der Waals surface area contributed by atoms with Crippen molar-refractivity contribution in [2.45, 2.75) is 6.92 Å². The van der Waals surface area contributed by atoms with Crippen LogP contribution in [-0.4, -0.2) is 39.7 Å². The zero-order chi connectivity index (χ0) is 18.5. The van der Waals surface area contributed by atoms with Gasteiger partial charge in [0.05, 0.1) is 11.5 Å². The van der Waals surface area contributed by atoms with Crippen molar-refractivity contribution in [3.63, 3.8) is 0 Å². The second kappa shape index (κ2) is 7.75. The van der Waals surface area contributed by atoms with Gasteiger partial charge < -0.3 is 14.7 Å². The molecule has 0 bridgehead atoms. The van der Waals surface area contributed by atoms with Crippen molar-refractivity contribution in [1.82, 2.24) is 9.97 Å². The standard InChI is InChI=1S/C18H18N4O4/c1-2-21(9-10-23)17-16(22(24)25)18(20-12-19-17)26-15-8-7-13-5-3-4-6-14(13)11-15/h3-8,11-12,23H,2,9-10H2,1H3. The number of rotatable bonds is 7. The normalized spacial score (nSPS) is 10.7. The number of nitro groups is 1. The first-order valence-corrected chi connectivity index (χ1v) is 8.16. The minimum atomic E-state index is -0.564. The van der Waals surface area contributed by atoms with Crippen LogP contribution in [0.3, 0.4) is 0 Å². The first kappa shape index (κ1) is 17.6. The number of aliphatic hydroxyl groups is 1. The summed E-state index contributed by atoms with van der Waals surface area (Å²) in [7, 11) is 0. The molecule has 1 N–H and O–H groups in total. The summed E-state index contributed by atoms with van der Waals surface area (Å²) in [6, 6.07) is 13.2. The largest absolute Gasteiger partial charge is 0.434 e. The molecule has 26 heavy (non-hydrogen) atoms. The average Bonchev–Trinajstić information content (AvgIpc) is 2.65. The number of aliphatic hydroxyl groups excluding tert-OH is 1. The third-order valence-corrected chi connectivity index (χ3v) is 3.94. The van der Waals surface area contributed by atoms with E-state index in [1.165, 1.54) is 6.33 Å². The van der Waals surface area contributed by atoms with Crippen molar-refractivity contribution in [1.29, 1.82) is 0 Å². The van der Waals surface area contributed by atoms with Crippen LogP contribution in [0.4, 0.5) is 11.5 Å². The fraction of sp³-hybridized carbons (Fsp3) is 0.222. The lowest BCUT2D eigenvalue weighted by atomic mass is 10.1. The molecular formula is C18H18N4O4. The molecule has 0 atom stereocenters. The van der Waals surface area contributed by atoms with Crippen LogP contribution in [0, 0.1) is 10.1 Å². The molecule has 134 valence electrons. The van der Waals surface area contributed by atoms with E-state index in [0.717, 1.165) is 10.8 Å². The Hall–Kier alpha value is -3.26. The van der Waals surface area contributed by atoms with Crippen LogP contribution in [0.25, 0.3) is 10.8 Å². The Balaban J connectivity index is 2.01. The molecule has 0 unspecified atom stereocenters. The SMILES string of the molecule is CCN(CCO)c1ncnc(Oc2ccc3ccccc3c2)c1[N+](=O)[O-]. The van der Waals surface area contributed by atoms with E-state index < -0.39 is 4.92 Å². The highest BCUT2D eigenvalue weighted by Crippen LogP contribution is 2.36. The van der Waals surface area contributed by atoms with Gasteiger partial charge in [0.2, 0.25) is 5.82 Å². The van der Waals surface area contributed by atoms with Crippen molar-refractivity contribution in [3.8, 4) is 11.6 Å². The van der Waals surface area contributed by atoms with E-state index in [1.54, 1.807) is 17.0 Å². The Kier molecular flexibility index (Phi) is 5.23. The van der Waals surface area contributed by atoms with E-state index >= 15 is 0 Å². The van der Waals surface area contributed by atoms with Gasteiger partial charge >= 0.3 is 11.6 Å². The van der Waals surface area contributed by atoms with E-state index in [4.69, 9.17) is 4.74 Å². The predicted molar refractivity (Wildman–Crippen MR) is 97.7 cm³/mol. The molecule has 0 spiro atoms. The summed E-state index contributed by atoms with van der Waals surface area (Å²) < 4.78 is 5.71. The van der Waals surface area contributed by atoms with Crippen molar-refractivity contribution in [3.05, 3.63) is 58.9 Å². The molecule has 0 aliphatic carbocycles. The Morgan fingerprint density at radius 1 is 1.19 bits per heavy atom. The topological polar surface area (TPSA) is 102 Å². The maximum absolute atomic E-state index is 11.6. The minimum absolute atomic E-state index is 0.123. The molecule has 0 fully saturated rings. The summed E-state index contributed by atoms with van der Waals surface area (Å²) in [5.74, 6) is 0.436. The molecule has 0 saturated carbocycles. The number of ether oxygens (including phenoxy) is 1. The van der Waals surface area contributed by atoms with Gasteiger partial charge in [0.25, 0.3) is 0 Å². The van der Waals surface area contributed by atoms with Crippen LogP contribution in [0.1, 0.15) is 6.92 Å². The first-order chi connectivity index (χ1) is 12.6. The number of likely N-dealkylation sites (N-methyl/N-ethyl adjacent to an activating group) is 1. The first-order valence-electron chi connectivity index (χ1n) is 8.16. The van der Waals surface area contributed by atoms with Crippen LogP contribution < -0.4 is 9.64 Å². The van der Waals surface area contributed by atoms with Gasteiger partial charge in [-0.15, -0.1) is 0 Å². The zero-order valence-corrected chi connectivity index (χ0v) is 14.2. The average molecular weight is 354 g/mol. The van der Waals surface area contributed by atoms with E-state index in [-0.39, 0.29) is 30.5 Å². The van der Waals surface area contributed by atoms with E-state index in [0.29, 0.717) is 12.3 Å². The molecule has 3 aromatic rings. The number of anilines is 1. The smallest absolute Gasteiger partial charge is 0.373 e. The molecule has 8 heteroatoms. The molecule has 0 amide bonds. The molecule has 0 radical (unpaired) electrons. The van der Waals surface area contributed by atoms with Crippen molar-refractivity contribution >= 4 is 22.3 Å². The van der Waals surface area contributed by atoms with Crippen molar-refractivity contribution < 1.29 is 14.8 Å². The summed E-state index contributed by atoms with van der Waals surface area (Å²) in [6.45, 7) is 2.36. The number of hydrogen-bond donors (Lipinski definition) is 1. The zero-order valence-electron chi connectivity index (χ0n) is 14.2. The summed E-state index contributed by atoms with van der Waals surface area (Å²) >= 11 is 0. The molecule has 2 aromatic carbocycles. The second-order valence-corrected chi connectivity index (χ2v) is 5.52. The fourth-order valence-electron chi connectivity index (χ4n) is 2.70. The monoisotopic (exact) mass is 354 g/mol. The molecule has 8 nitrogen and oxygen atoms in total. The molecule has 0 saturated heterocycles. The lowest BCUT2D eigenvalue weighted by Gasteiger charge is -2.20. The van der Waals surface area contributed by atoms with Gasteiger partial charge in [0.15, 0.2) is 0 Å². The van der Waals surface area contributed by atoms with Crippen molar-refractivity contribution in [2.75, 3.05) is 24.6 Å². The van der Waals surface area contributed by atoms with Crippen molar-refractivity contribution in [2.24, 2.45) is 0 Å². The molecule has 1 aromatic heterocycles. The van der Waals surface area contributed by atoms with Gasteiger partial charge in [0, 0.05) is 13.1 Å². The number of aromatic nitrogens is 2. The quantitative estimate of drug-likeness (QED) is 0.513. The van der Waals surface area contributed by atoms with Crippen LogP contribution in [0.2, 0.25) is 0 Å². The highest BCUT2D eigenvalue weighted by Gasteiger charge is 2.28. The van der Waals surface area contributed by atoms with Gasteiger partial charge in [-0.05, 0) is 29.8 Å². The third kappa shape index (κ3) is 3.55. The van der Waals surface area contributed by atoms with Gasteiger partial charge in [-0.3, -0.25) is 10.1 Å². The summed E-state index contributed by atoms with van der Waals surface area (Å²) in [5.41, 5.74) is -0.323. The summed E-state index contributed by atoms with van der Waals surface area (Å²) in [4.78, 5) is 20.6. The van der Waals surface area contributed by atoms with Crippen LogP contribution in [-0.2, 0) is 0 Å². The van der Waals surface area contributed by atoms with Crippen LogP contribution in [0.15, 0.2) is 48.8 Å². The molecular weight excluding hydrogens is 336 g/mol. The summed E-state index contributed by atoms with van der Waals surface area (Å²) in [5, 5.41) is 22.8. The Morgan fingerprint density at radius 2 is 1.96 bits per heavy atom. The molecule has 0 aliphatic heterocycles. The predicted octanol–water partition coefficient (Wildman–Crippen LogP) is 3.15. The van der Waals surface area contributed by atoms with E-state index in [1.807, 2.05) is 37.3 Å². The van der Waals surface area contributed by atoms with E-state index in [2.05, 4.69) is 9.97 Å². The van der Waals surface area contributed by atoms with Gasteiger partial charge in [0.1, 0.15) is 12.1 Å². The second-order valence-electron chi connectivity index (χ2n) is 5.52. The third-order valence-electron chi connectivity index (χ3n) is 3.94. The summed E-state index contributed by atoms with van der Waals surface area (Å²) in [6.07, 6.45) is 1.22. The van der Waals surface area contributed by atoms with Gasteiger partial charge in [-0.1, -0.05) is 30.3 Å². The highest BCUT2D eigenvalue weighted by molar-refractivity contribution is 5.83. The van der Waals surface area contributed by atoms with Crippen LogP contribution >= 0.6 is 0 Å². The molecule has 3 rings (SSSR count). The van der Waals surface area contributed by atoms with Gasteiger partial charge in [-0.2, -0.15) is 4.98 Å². The Bertz CT molecular complexity index is 932. The number of nitrogens with zero attached hydrogens (tertiary/aromatic N) is 4. The fourth-order valence-corrected chi connectivity index (χ4v) is 2.70. The maximum atomic E-state index is 11.6. The van der Waals surface area contributed by atoms with Crippen LogP contribution in [0.5, 0.6) is 11.6 Å². The number of hydrogen-bond acceptors (Lipinski definition) is 7. The highest BCUT2D eigenvalue weighted by atomic mass is 16.6. The Labute approximate surface area is 149 Å². The number of benzene rings is 2.